The molecule has 1 saturated heterocycles. The van der Waals surface area contributed by atoms with Crippen LogP contribution in [0.25, 0.3) is 0 Å². The summed E-state index contributed by atoms with van der Waals surface area (Å²) < 4.78 is 10.1. The summed E-state index contributed by atoms with van der Waals surface area (Å²) >= 11 is 0. The number of hydrogen-bond donors (Lipinski definition) is 5. The van der Waals surface area contributed by atoms with Gasteiger partial charge in [0, 0.05) is 17.9 Å². The fraction of sp³-hybridized carbons (Fsp3) is 0.619. The topological polar surface area (TPSA) is 154 Å². The van der Waals surface area contributed by atoms with Crippen molar-refractivity contribution in [3.05, 3.63) is 35.5 Å². The lowest BCUT2D eigenvalue weighted by atomic mass is 9.64. The first-order valence-corrected chi connectivity index (χ1v) is 9.65. The van der Waals surface area contributed by atoms with Gasteiger partial charge in [-0.25, -0.2) is 4.79 Å². The summed E-state index contributed by atoms with van der Waals surface area (Å²) in [4.78, 5) is 24.0. The molecule has 2 rings (SSSR count). The molecular weight excluding hydrogens is 396 g/mol. The summed E-state index contributed by atoms with van der Waals surface area (Å²) in [5.74, 6) is -0.954. The highest BCUT2D eigenvalue weighted by Gasteiger charge is 2.47. The summed E-state index contributed by atoms with van der Waals surface area (Å²) in [5.41, 5.74) is -1.21. The number of esters is 1. The summed E-state index contributed by atoms with van der Waals surface area (Å²) in [5, 5.41) is 49.7. The van der Waals surface area contributed by atoms with Gasteiger partial charge < -0.3 is 35.0 Å². The third kappa shape index (κ3) is 4.88. The van der Waals surface area contributed by atoms with Crippen LogP contribution in [0.4, 0.5) is 0 Å². The van der Waals surface area contributed by atoms with Gasteiger partial charge in [0.25, 0.3) is 0 Å². The standard InChI is InChI=1S/C21H30O9/c1-11(5-6-21(28)12(2)8-13(23)9-20(21,3)4)7-15(24)30-19-18(27)17(26)16(25)14(10-22)29-19/h5-8,14,16-19,22,25-28H,9-10H2,1-4H3/b6-5?,11-7-/t14?,16-,17+,18+,19-,21-/m1/s1. The van der Waals surface area contributed by atoms with E-state index in [1.54, 1.807) is 27.7 Å². The number of aliphatic hydroxyl groups is 5. The molecule has 0 amide bonds. The van der Waals surface area contributed by atoms with Crippen molar-refractivity contribution in [3.8, 4) is 0 Å². The molecule has 1 fully saturated rings. The summed E-state index contributed by atoms with van der Waals surface area (Å²) in [6, 6.07) is 0. The molecule has 0 spiro atoms. The number of carbonyl (C=O) groups is 2. The van der Waals surface area contributed by atoms with Crippen LogP contribution in [0.15, 0.2) is 35.5 Å². The Morgan fingerprint density at radius 2 is 1.90 bits per heavy atom. The van der Waals surface area contributed by atoms with E-state index in [1.807, 2.05) is 0 Å². The lowest BCUT2D eigenvalue weighted by molar-refractivity contribution is -0.291. The number of allylic oxidation sites excluding steroid dienone is 3. The van der Waals surface area contributed by atoms with Crippen molar-refractivity contribution in [1.82, 2.24) is 0 Å². The number of hydrogen-bond acceptors (Lipinski definition) is 9. The summed E-state index contributed by atoms with van der Waals surface area (Å²) in [7, 11) is 0. The minimum atomic E-state index is -1.69. The molecule has 1 heterocycles. The Balaban J connectivity index is 2.11. The second-order valence-electron chi connectivity index (χ2n) is 8.48. The minimum absolute atomic E-state index is 0.0639. The molecule has 0 bridgehead atoms. The normalized spacial score (nSPS) is 37.2. The number of rotatable bonds is 5. The third-order valence-corrected chi connectivity index (χ3v) is 5.64. The Morgan fingerprint density at radius 3 is 2.47 bits per heavy atom. The molecule has 30 heavy (non-hydrogen) atoms. The Kier molecular flexibility index (Phi) is 7.39. The second-order valence-corrected chi connectivity index (χ2v) is 8.48. The lowest BCUT2D eigenvalue weighted by Crippen LogP contribution is -2.59. The van der Waals surface area contributed by atoms with Crippen LogP contribution in [0.2, 0.25) is 0 Å². The quantitative estimate of drug-likeness (QED) is 0.222. The molecule has 0 saturated carbocycles. The van der Waals surface area contributed by atoms with Crippen LogP contribution < -0.4 is 0 Å². The monoisotopic (exact) mass is 426 g/mol. The predicted molar refractivity (Wildman–Crippen MR) is 105 cm³/mol. The van der Waals surface area contributed by atoms with E-state index in [1.165, 1.54) is 18.2 Å². The zero-order chi connectivity index (χ0) is 22.9. The SMILES string of the molecule is CC1=CC(=O)CC(C)(C)[C@@]1(O)C=C/C(C)=C\C(=O)O[C@H]1OC(CO)[C@@H](O)[C@H](O)[C@@H]1O. The molecule has 1 unspecified atom stereocenters. The fourth-order valence-corrected chi connectivity index (χ4v) is 3.66. The number of aliphatic hydroxyl groups excluding tert-OH is 4. The highest BCUT2D eigenvalue weighted by molar-refractivity contribution is 5.92. The van der Waals surface area contributed by atoms with Crippen molar-refractivity contribution < 1.29 is 44.6 Å². The van der Waals surface area contributed by atoms with Crippen molar-refractivity contribution in [2.75, 3.05) is 6.61 Å². The maximum atomic E-state index is 12.2. The molecule has 0 aromatic carbocycles. The van der Waals surface area contributed by atoms with Crippen LogP contribution in [0, 0.1) is 5.41 Å². The van der Waals surface area contributed by atoms with Gasteiger partial charge in [0.15, 0.2) is 5.78 Å². The Labute approximate surface area is 174 Å². The van der Waals surface area contributed by atoms with E-state index in [-0.39, 0.29) is 12.2 Å². The van der Waals surface area contributed by atoms with Crippen LogP contribution in [0.5, 0.6) is 0 Å². The predicted octanol–water partition coefficient (Wildman–Crippen LogP) is -0.492. The van der Waals surface area contributed by atoms with E-state index in [9.17, 15) is 35.1 Å². The maximum absolute atomic E-state index is 12.2. The number of carbonyl (C=O) groups excluding carboxylic acids is 2. The first kappa shape index (κ1) is 24.4. The van der Waals surface area contributed by atoms with Crippen LogP contribution >= 0.6 is 0 Å². The van der Waals surface area contributed by atoms with Crippen LogP contribution in [0.1, 0.15) is 34.1 Å². The molecule has 0 radical (unpaired) electrons. The summed E-state index contributed by atoms with van der Waals surface area (Å²) in [6.45, 7) is 6.17. The second kappa shape index (κ2) is 9.09. The third-order valence-electron chi connectivity index (χ3n) is 5.64. The van der Waals surface area contributed by atoms with E-state index < -0.39 is 54.3 Å². The van der Waals surface area contributed by atoms with Gasteiger partial charge in [0.05, 0.1) is 6.61 Å². The van der Waals surface area contributed by atoms with Gasteiger partial charge in [-0.1, -0.05) is 19.9 Å². The molecule has 9 nitrogen and oxygen atoms in total. The van der Waals surface area contributed by atoms with Gasteiger partial charge in [-0.2, -0.15) is 0 Å². The van der Waals surface area contributed by atoms with E-state index in [0.29, 0.717) is 11.1 Å². The highest BCUT2D eigenvalue weighted by Crippen LogP contribution is 2.44. The molecule has 1 aliphatic heterocycles. The van der Waals surface area contributed by atoms with Gasteiger partial charge in [0.2, 0.25) is 6.29 Å². The van der Waals surface area contributed by atoms with Crippen molar-refractivity contribution in [2.45, 2.75) is 70.4 Å². The molecular formula is C21H30O9. The van der Waals surface area contributed by atoms with Gasteiger partial charge in [-0.3, -0.25) is 4.79 Å². The summed E-state index contributed by atoms with van der Waals surface area (Å²) in [6.07, 6.45) is -1.95. The van der Waals surface area contributed by atoms with Crippen molar-refractivity contribution in [1.29, 1.82) is 0 Å². The average Bonchev–Trinajstić information content (AvgIpc) is 2.64. The van der Waals surface area contributed by atoms with Gasteiger partial charge in [-0.05, 0) is 37.1 Å². The molecule has 168 valence electrons. The van der Waals surface area contributed by atoms with Crippen molar-refractivity contribution in [2.24, 2.45) is 5.41 Å². The molecule has 2 aliphatic rings. The first-order valence-electron chi connectivity index (χ1n) is 9.65. The maximum Gasteiger partial charge on any atom is 0.333 e. The van der Waals surface area contributed by atoms with Gasteiger partial charge in [-0.15, -0.1) is 0 Å². The zero-order valence-electron chi connectivity index (χ0n) is 17.5. The molecule has 9 heteroatoms. The first-order chi connectivity index (χ1) is 13.8. The van der Waals surface area contributed by atoms with E-state index >= 15 is 0 Å². The van der Waals surface area contributed by atoms with Crippen molar-refractivity contribution in [3.63, 3.8) is 0 Å². The van der Waals surface area contributed by atoms with Crippen LogP contribution in [-0.4, -0.2) is 80.2 Å². The molecule has 1 aliphatic carbocycles. The fourth-order valence-electron chi connectivity index (χ4n) is 3.66. The highest BCUT2D eigenvalue weighted by atomic mass is 16.7. The van der Waals surface area contributed by atoms with E-state index in [2.05, 4.69) is 0 Å². The van der Waals surface area contributed by atoms with Crippen LogP contribution in [-0.2, 0) is 19.1 Å². The van der Waals surface area contributed by atoms with E-state index in [0.717, 1.165) is 6.08 Å². The average molecular weight is 426 g/mol. The van der Waals surface area contributed by atoms with Gasteiger partial charge in [0.1, 0.15) is 30.0 Å². The number of ether oxygens (including phenoxy) is 2. The largest absolute Gasteiger partial charge is 0.430 e. The molecule has 5 N–H and O–H groups in total. The number of ketones is 1. The lowest BCUT2D eigenvalue weighted by Gasteiger charge is -2.44. The Hall–Kier alpha value is -1.88. The smallest absolute Gasteiger partial charge is 0.333 e. The van der Waals surface area contributed by atoms with Crippen molar-refractivity contribution >= 4 is 11.8 Å². The Bertz CT molecular complexity index is 764. The minimum Gasteiger partial charge on any atom is -0.430 e. The zero-order valence-corrected chi connectivity index (χ0v) is 17.5. The molecule has 0 aromatic heterocycles. The molecule has 6 atom stereocenters. The molecule has 0 aromatic rings. The van der Waals surface area contributed by atoms with Crippen LogP contribution in [0.3, 0.4) is 0 Å². The Morgan fingerprint density at radius 1 is 1.27 bits per heavy atom. The van der Waals surface area contributed by atoms with Gasteiger partial charge >= 0.3 is 5.97 Å². The van der Waals surface area contributed by atoms with E-state index in [4.69, 9.17) is 9.47 Å².